The maximum Gasteiger partial charge on any atom is 0.266 e. The maximum atomic E-state index is 13.2. The van der Waals surface area contributed by atoms with Crippen LogP contribution in [0.4, 0.5) is 0 Å². The van der Waals surface area contributed by atoms with Crippen LogP contribution in [0.5, 0.6) is 0 Å². The van der Waals surface area contributed by atoms with Crippen molar-refractivity contribution in [2.24, 2.45) is 0 Å². The summed E-state index contributed by atoms with van der Waals surface area (Å²) in [6, 6.07) is 19.2. The second kappa shape index (κ2) is 6.77. The van der Waals surface area contributed by atoms with E-state index in [0.29, 0.717) is 16.7 Å². The number of hydrogen-bond acceptors (Lipinski definition) is 4. The fourth-order valence-corrected chi connectivity index (χ4v) is 3.31. The molecule has 0 unspecified atom stereocenters. The first kappa shape index (κ1) is 16.5. The Morgan fingerprint density at radius 2 is 1.73 bits per heavy atom. The number of fused-ring (bicyclic) bond motifs is 1. The van der Waals surface area contributed by atoms with E-state index in [2.05, 4.69) is 4.98 Å². The van der Waals surface area contributed by atoms with E-state index >= 15 is 0 Å². The van der Waals surface area contributed by atoms with Crippen LogP contribution in [0.25, 0.3) is 28.0 Å². The summed E-state index contributed by atoms with van der Waals surface area (Å²) in [5.41, 5.74) is 3.13. The predicted octanol–water partition coefficient (Wildman–Crippen LogP) is 4.48. The highest BCUT2D eigenvalue weighted by molar-refractivity contribution is 7.98. The first-order valence-corrected chi connectivity index (χ1v) is 9.49. The molecule has 5 heteroatoms. The van der Waals surface area contributed by atoms with Crippen LogP contribution in [-0.4, -0.2) is 20.8 Å². The molecule has 2 aromatic carbocycles. The molecule has 0 saturated carbocycles. The van der Waals surface area contributed by atoms with Gasteiger partial charge in [-0.15, -0.1) is 11.8 Å². The Balaban J connectivity index is 2.04. The summed E-state index contributed by atoms with van der Waals surface area (Å²) in [7, 11) is 0. The molecule has 0 spiro atoms. The Labute approximate surface area is 155 Å². The minimum Gasteiger partial charge on any atom is -0.268 e. The van der Waals surface area contributed by atoms with Gasteiger partial charge >= 0.3 is 0 Å². The minimum absolute atomic E-state index is 0.0805. The molecule has 4 nitrogen and oxygen atoms in total. The van der Waals surface area contributed by atoms with E-state index in [0.717, 1.165) is 21.8 Å². The van der Waals surface area contributed by atoms with Crippen molar-refractivity contribution in [3.05, 3.63) is 82.9 Å². The van der Waals surface area contributed by atoms with Crippen LogP contribution < -0.4 is 5.56 Å². The van der Waals surface area contributed by atoms with Gasteiger partial charge in [-0.05, 0) is 61.7 Å². The Kier molecular flexibility index (Phi) is 4.31. The third-order valence-corrected chi connectivity index (χ3v) is 5.02. The van der Waals surface area contributed by atoms with Gasteiger partial charge in [0, 0.05) is 22.3 Å². The van der Waals surface area contributed by atoms with E-state index in [4.69, 9.17) is 4.98 Å². The molecule has 0 aliphatic rings. The van der Waals surface area contributed by atoms with Gasteiger partial charge in [0.15, 0.2) is 0 Å². The van der Waals surface area contributed by atoms with E-state index < -0.39 is 0 Å². The standard InChI is InChI=1S/C21H17N3OS/c1-14-7-8-15(13-22-14)20-23-19-6-4-3-5-18(19)21(25)24(20)16-9-11-17(26-2)12-10-16/h3-13H,1-2H3. The second-order valence-corrected chi connectivity index (χ2v) is 6.86. The summed E-state index contributed by atoms with van der Waals surface area (Å²) >= 11 is 1.67. The lowest BCUT2D eigenvalue weighted by Gasteiger charge is -2.14. The first-order chi connectivity index (χ1) is 12.7. The molecule has 0 aliphatic heterocycles. The number of aromatic nitrogens is 3. The van der Waals surface area contributed by atoms with Crippen LogP contribution in [-0.2, 0) is 0 Å². The molecule has 26 heavy (non-hydrogen) atoms. The molecule has 2 aromatic heterocycles. The van der Waals surface area contributed by atoms with Crippen molar-refractivity contribution in [3.8, 4) is 17.1 Å². The molecule has 0 atom stereocenters. The van der Waals surface area contributed by atoms with Crippen LogP contribution >= 0.6 is 11.8 Å². The molecule has 0 N–H and O–H groups in total. The zero-order chi connectivity index (χ0) is 18.1. The first-order valence-electron chi connectivity index (χ1n) is 8.26. The van der Waals surface area contributed by atoms with Gasteiger partial charge in [0.1, 0.15) is 5.82 Å². The third-order valence-electron chi connectivity index (χ3n) is 4.28. The van der Waals surface area contributed by atoms with Crippen LogP contribution in [0, 0.1) is 6.92 Å². The van der Waals surface area contributed by atoms with Gasteiger partial charge in [0.25, 0.3) is 5.56 Å². The molecule has 0 fully saturated rings. The van der Waals surface area contributed by atoms with Crippen LogP contribution in [0.15, 0.2) is 76.6 Å². The highest BCUT2D eigenvalue weighted by Gasteiger charge is 2.14. The van der Waals surface area contributed by atoms with E-state index in [9.17, 15) is 4.79 Å². The quantitative estimate of drug-likeness (QED) is 0.506. The van der Waals surface area contributed by atoms with Gasteiger partial charge in [0.05, 0.1) is 16.6 Å². The Hall–Kier alpha value is -2.92. The van der Waals surface area contributed by atoms with Crippen molar-refractivity contribution in [1.29, 1.82) is 0 Å². The average Bonchev–Trinajstić information content (AvgIpc) is 2.69. The summed E-state index contributed by atoms with van der Waals surface area (Å²) in [5, 5.41) is 0.602. The topological polar surface area (TPSA) is 47.8 Å². The summed E-state index contributed by atoms with van der Waals surface area (Å²) in [4.78, 5) is 23.5. The Morgan fingerprint density at radius 3 is 2.42 bits per heavy atom. The van der Waals surface area contributed by atoms with Crippen molar-refractivity contribution in [2.75, 3.05) is 6.26 Å². The van der Waals surface area contributed by atoms with E-state index in [1.807, 2.05) is 73.8 Å². The number of rotatable bonds is 3. The van der Waals surface area contributed by atoms with Crippen molar-refractivity contribution >= 4 is 22.7 Å². The van der Waals surface area contributed by atoms with Crippen molar-refractivity contribution in [2.45, 2.75) is 11.8 Å². The SMILES string of the molecule is CSc1ccc(-n2c(-c3ccc(C)nc3)nc3ccccc3c2=O)cc1. The Bertz CT molecular complexity index is 1130. The number of hydrogen-bond donors (Lipinski definition) is 0. The smallest absolute Gasteiger partial charge is 0.266 e. The summed E-state index contributed by atoms with van der Waals surface area (Å²) in [6.45, 7) is 1.94. The summed E-state index contributed by atoms with van der Waals surface area (Å²) < 4.78 is 1.67. The van der Waals surface area contributed by atoms with E-state index in [-0.39, 0.29) is 5.56 Å². The maximum absolute atomic E-state index is 13.2. The monoisotopic (exact) mass is 359 g/mol. The van der Waals surface area contributed by atoms with Crippen LogP contribution in [0.3, 0.4) is 0 Å². The van der Waals surface area contributed by atoms with Crippen molar-refractivity contribution in [3.63, 3.8) is 0 Å². The van der Waals surface area contributed by atoms with E-state index in [1.165, 1.54) is 0 Å². The second-order valence-electron chi connectivity index (χ2n) is 5.98. The number of para-hydroxylation sites is 1. The zero-order valence-electron chi connectivity index (χ0n) is 14.5. The number of aryl methyl sites for hydroxylation is 1. The van der Waals surface area contributed by atoms with Crippen molar-refractivity contribution in [1.82, 2.24) is 14.5 Å². The lowest BCUT2D eigenvalue weighted by molar-refractivity contribution is 0.970. The molecule has 4 rings (SSSR count). The fraction of sp³-hybridized carbons (Fsp3) is 0.0952. The molecule has 0 bridgehead atoms. The van der Waals surface area contributed by atoms with Gasteiger partial charge in [0.2, 0.25) is 0 Å². The molecular weight excluding hydrogens is 342 g/mol. The number of nitrogens with zero attached hydrogens (tertiary/aromatic N) is 3. The zero-order valence-corrected chi connectivity index (χ0v) is 15.3. The molecule has 4 aromatic rings. The van der Waals surface area contributed by atoms with Crippen LogP contribution in [0.2, 0.25) is 0 Å². The minimum atomic E-state index is -0.0805. The van der Waals surface area contributed by atoms with Crippen molar-refractivity contribution < 1.29 is 0 Å². The summed E-state index contributed by atoms with van der Waals surface area (Å²) in [6.07, 6.45) is 3.79. The molecular formula is C21H17N3OS. The van der Waals surface area contributed by atoms with Gasteiger partial charge in [-0.3, -0.25) is 14.3 Å². The largest absolute Gasteiger partial charge is 0.268 e. The van der Waals surface area contributed by atoms with Gasteiger partial charge < -0.3 is 0 Å². The fourth-order valence-electron chi connectivity index (χ4n) is 2.90. The normalized spacial score (nSPS) is 11.0. The lowest BCUT2D eigenvalue weighted by atomic mass is 10.2. The van der Waals surface area contributed by atoms with Gasteiger partial charge in [-0.2, -0.15) is 0 Å². The number of benzene rings is 2. The highest BCUT2D eigenvalue weighted by Crippen LogP contribution is 2.23. The van der Waals surface area contributed by atoms with Crippen LogP contribution in [0.1, 0.15) is 5.69 Å². The average molecular weight is 359 g/mol. The molecule has 0 radical (unpaired) electrons. The molecule has 128 valence electrons. The summed E-state index contributed by atoms with van der Waals surface area (Å²) in [5.74, 6) is 0.595. The Morgan fingerprint density at radius 1 is 0.962 bits per heavy atom. The molecule has 0 amide bonds. The molecule has 2 heterocycles. The number of thioether (sulfide) groups is 1. The molecule has 0 saturated heterocycles. The highest BCUT2D eigenvalue weighted by atomic mass is 32.2. The van der Waals surface area contributed by atoms with Gasteiger partial charge in [-0.1, -0.05) is 12.1 Å². The predicted molar refractivity (Wildman–Crippen MR) is 107 cm³/mol. The number of pyridine rings is 1. The van der Waals surface area contributed by atoms with Gasteiger partial charge in [-0.25, -0.2) is 4.98 Å². The molecule has 0 aliphatic carbocycles. The lowest BCUT2D eigenvalue weighted by Crippen LogP contribution is -2.22. The van der Waals surface area contributed by atoms with E-state index in [1.54, 1.807) is 22.5 Å². The third kappa shape index (κ3) is 2.91.